The molecule has 0 spiro atoms. The zero-order valence-corrected chi connectivity index (χ0v) is 13.8. The van der Waals surface area contributed by atoms with E-state index in [1.165, 1.54) is 6.92 Å². The highest BCUT2D eigenvalue weighted by atomic mass is 35.5. The minimum absolute atomic E-state index is 0.0595. The third kappa shape index (κ3) is 3.43. The summed E-state index contributed by atoms with van der Waals surface area (Å²) >= 11 is 5.80. The highest BCUT2D eigenvalue weighted by molar-refractivity contribution is 8.53. The molecule has 0 aromatic heterocycles. The fourth-order valence-corrected chi connectivity index (χ4v) is 6.13. The highest BCUT2D eigenvalue weighted by Gasteiger charge is 2.41. The quantitative estimate of drug-likeness (QED) is 0.753. The van der Waals surface area contributed by atoms with Crippen LogP contribution in [-0.4, -0.2) is 33.5 Å². The zero-order valence-electron chi connectivity index (χ0n) is 12.3. The van der Waals surface area contributed by atoms with E-state index in [-0.39, 0.29) is 16.1 Å². The van der Waals surface area contributed by atoms with Crippen LogP contribution < -0.4 is 0 Å². The van der Waals surface area contributed by atoms with E-state index in [4.69, 9.17) is 11.6 Å². The number of halogens is 1. The van der Waals surface area contributed by atoms with Crippen LogP contribution in [0.4, 0.5) is 0 Å². The molecule has 112 valence electrons. The first-order valence-electron chi connectivity index (χ1n) is 6.72. The molecule has 0 aliphatic heterocycles. The Morgan fingerprint density at radius 2 is 1.70 bits per heavy atom. The van der Waals surface area contributed by atoms with E-state index in [0.29, 0.717) is 18.8 Å². The lowest BCUT2D eigenvalue weighted by Crippen LogP contribution is -2.38. The Morgan fingerprint density at radius 3 is 2.10 bits per heavy atom. The number of carbonyl (C=O) groups excluding carboxylic acids is 2. The van der Waals surface area contributed by atoms with E-state index in [0.717, 1.165) is 5.56 Å². The molecular formula is C15H22ClNO2S. The van der Waals surface area contributed by atoms with Crippen molar-refractivity contribution in [3.05, 3.63) is 35.9 Å². The smallest absolute Gasteiger partial charge is 0.205 e. The number of hydrogen-bond donors (Lipinski definition) is 0. The van der Waals surface area contributed by atoms with Gasteiger partial charge in [-0.3, -0.25) is 13.9 Å². The predicted octanol–water partition coefficient (Wildman–Crippen LogP) is 3.56. The molecule has 0 saturated carbocycles. The van der Waals surface area contributed by atoms with Gasteiger partial charge in [-0.15, -0.1) is 11.6 Å². The lowest BCUT2D eigenvalue weighted by Gasteiger charge is -2.44. The van der Waals surface area contributed by atoms with Gasteiger partial charge in [-0.05, 0) is 5.56 Å². The summed E-state index contributed by atoms with van der Waals surface area (Å²) in [7, 11) is -2.21. The van der Waals surface area contributed by atoms with Crippen molar-refractivity contribution < 1.29 is 9.59 Å². The number of alkyl halides is 1. The van der Waals surface area contributed by atoms with E-state index in [1.54, 1.807) is 0 Å². The fraction of sp³-hybridized carbons (Fsp3) is 0.467. The van der Waals surface area contributed by atoms with Crippen LogP contribution in [0.15, 0.2) is 30.3 Å². The molecule has 20 heavy (non-hydrogen) atoms. The van der Waals surface area contributed by atoms with Crippen molar-refractivity contribution in [1.29, 1.82) is 0 Å². The van der Waals surface area contributed by atoms with Crippen LogP contribution in [0.5, 0.6) is 0 Å². The highest BCUT2D eigenvalue weighted by Crippen LogP contribution is 2.55. The molecule has 1 rings (SSSR count). The minimum atomic E-state index is -2.21. The number of rotatable bonds is 6. The lowest BCUT2D eigenvalue weighted by atomic mass is 10.2. The van der Waals surface area contributed by atoms with E-state index in [2.05, 4.69) is 0 Å². The average Bonchev–Trinajstić information content (AvgIpc) is 2.47. The van der Waals surface area contributed by atoms with Gasteiger partial charge in [-0.1, -0.05) is 54.4 Å². The summed E-state index contributed by atoms with van der Waals surface area (Å²) in [6, 6.07) is 9.68. The SMILES string of the molecule is CCN(CC)S(Cc1ccccc1)(C(C)=O)C(=O)CCl. The second-order valence-corrected chi connectivity index (χ2v) is 7.95. The van der Waals surface area contributed by atoms with Crippen molar-refractivity contribution in [3.63, 3.8) is 0 Å². The number of carbonyl (C=O) groups is 2. The Morgan fingerprint density at radius 1 is 1.15 bits per heavy atom. The molecule has 1 aromatic rings. The molecule has 0 amide bonds. The molecule has 1 atom stereocenters. The van der Waals surface area contributed by atoms with Crippen molar-refractivity contribution in [3.8, 4) is 0 Å². The van der Waals surface area contributed by atoms with Gasteiger partial charge >= 0.3 is 0 Å². The fourth-order valence-electron chi connectivity index (χ4n) is 2.33. The minimum Gasteiger partial charge on any atom is -0.287 e. The molecule has 5 heteroatoms. The van der Waals surface area contributed by atoms with Gasteiger partial charge in [0, 0.05) is 25.8 Å². The summed E-state index contributed by atoms with van der Waals surface area (Å²) in [5.74, 6) is 0.342. The van der Waals surface area contributed by atoms with Gasteiger partial charge in [-0.25, -0.2) is 0 Å². The molecule has 0 saturated heterocycles. The Hall–Kier alpha value is -0.840. The summed E-state index contributed by atoms with van der Waals surface area (Å²) in [6.07, 6.45) is 0. The molecular weight excluding hydrogens is 294 g/mol. The van der Waals surface area contributed by atoms with Crippen molar-refractivity contribution >= 4 is 32.0 Å². The number of benzene rings is 1. The van der Waals surface area contributed by atoms with E-state index in [9.17, 15) is 9.59 Å². The Bertz CT molecular complexity index is 462. The molecule has 0 fully saturated rings. The van der Waals surface area contributed by atoms with Crippen LogP contribution in [0, 0.1) is 0 Å². The number of hydrogen-bond acceptors (Lipinski definition) is 3. The van der Waals surface area contributed by atoms with Crippen molar-refractivity contribution in [2.75, 3.05) is 19.0 Å². The van der Waals surface area contributed by atoms with Crippen molar-refractivity contribution in [2.45, 2.75) is 26.5 Å². The van der Waals surface area contributed by atoms with Crippen molar-refractivity contribution in [2.24, 2.45) is 0 Å². The van der Waals surface area contributed by atoms with Crippen LogP contribution >= 0.6 is 21.8 Å². The molecule has 0 aliphatic carbocycles. The molecule has 0 heterocycles. The molecule has 0 N–H and O–H groups in total. The maximum atomic E-state index is 12.5. The summed E-state index contributed by atoms with van der Waals surface area (Å²) in [6.45, 7) is 6.80. The largest absolute Gasteiger partial charge is 0.287 e. The van der Waals surface area contributed by atoms with Crippen molar-refractivity contribution in [1.82, 2.24) is 4.31 Å². The summed E-state index contributed by atoms with van der Waals surface area (Å²) in [5, 5.41) is -0.199. The van der Waals surface area contributed by atoms with E-state index in [1.807, 2.05) is 48.5 Å². The normalized spacial score (nSPS) is 15.7. The molecule has 0 aliphatic rings. The first-order chi connectivity index (χ1) is 9.52. The molecule has 3 nitrogen and oxygen atoms in total. The van der Waals surface area contributed by atoms with Crippen LogP contribution in [0.3, 0.4) is 0 Å². The van der Waals surface area contributed by atoms with Crippen LogP contribution in [0.25, 0.3) is 0 Å². The summed E-state index contributed by atoms with van der Waals surface area (Å²) < 4.78 is 1.99. The first kappa shape index (κ1) is 17.2. The van der Waals surface area contributed by atoms with Gasteiger partial charge in [0.25, 0.3) is 0 Å². The molecule has 0 bridgehead atoms. The number of nitrogens with zero attached hydrogens (tertiary/aromatic N) is 1. The predicted molar refractivity (Wildman–Crippen MR) is 87.1 cm³/mol. The topological polar surface area (TPSA) is 37.4 Å². The van der Waals surface area contributed by atoms with Crippen LogP contribution in [-0.2, 0) is 15.3 Å². The third-order valence-electron chi connectivity index (χ3n) is 3.33. The molecule has 0 radical (unpaired) electrons. The third-order valence-corrected chi connectivity index (χ3v) is 7.72. The maximum Gasteiger partial charge on any atom is 0.205 e. The zero-order chi connectivity index (χ0) is 15.2. The summed E-state index contributed by atoms with van der Waals surface area (Å²) in [5.41, 5.74) is 1.00. The van der Waals surface area contributed by atoms with Gasteiger partial charge in [0.1, 0.15) is 0 Å². The first-order valence-corrected chi connectivity index (χ1v) is 9.01. The average molecular weight is 316 g/mol. The second kappa shape index (κ2) is 7.81. The van der Waals surface area contributed by atoms with E-state index < -0.39 is 10.2 Å². The standard InChI is InChI=1S/C15H22ClNO2S/c1-4-17(5-2)20(13(3)18,15(19)11-16)12-14-9-7-6-8-10-14/h6-10H,4-5,11-12H2,1-3H3. The Kier molecular flexibility index (Phi) is 6.72. The van der Waals surface area contributed by atoms with Gasteiger partial charge < -0.3 is 0 Å². The van der Waals surface area contributed by atoms with Gasteiger partial charge in [0.05, 0.1) is 5.88 Å². The molecule has 1 unspecified atom stereocenters. The van der Waals surface area contributed by atoms with Crippen LogP contribution in [0.2, 0.25) is 0 Å². The Balaban J connectivity index is 3.30. The van der Waals surface area contributed by atoms with Crippen LogP contribution in [0.1, 0.15) is 26.3 Å². The van der Waals surface area contributed by atoms with Gasteiger partial charge in [0.15, 0.2) is 5.12 Å². The maximum absolute atomic E-state index is 12.5. The second-order valence-electron chi connectivity index (χ2n) is 4.44. The lowest BCUT2D eigenvalue weighted by molar-refractivity contribution is -0.112. The van der Waals surface area contributed by atoms with Gasteiger partial charge in [0.2, 0.25) is 5.12 Å². The van der Waals surface area contributed by atoms with E-state index >= 15 is 0 Å². The molecule has 1 aromatic carbocycles. The monoisotopic (exact) mass is 315 g/mol. The Labute approximate surface area is 127 Å². The van der Waals surface area contributed by atoms with Gasteiger partial charge in [-0.2, -0.15) is 0 Å². The summed E-state index contributed by atoms with van der Waals surface area (Å²) in [4.78, 5) is 24.8.